The summed E-state index contributed by atoms with van der Waals surface area (Å²) < 4.78 is 7.46. The molecule has 4 rings (SSSR count). The number of benzene rings is 1. The number of aryl methyl sites for hydroxylation is 2. The first-order valence-electron chi connectivity index (χ1n) is 9.27. The van der Waals surface area contributed by atoms with Crippen molar-refractivity contribution in [1.29, 1.82) is 0 Å². The largest absolute Gasteiger partial charge is 0.378 e. The molecule has 0 aliphatic carbocycles. The number of carbonyl (C=O) groups excluding carboxylic acids is 1. The van der Waals surface area contributed by atoms with Crippen molar-refractivity contribution >= 4 is 16.8 Å². The van der Waals surface area contributed by atoms with Gasteiger partial charge in [-0.3, -0.25) is 14.5 Å². The van der Waals surface area contributed by atoms with Gasteiger partial charge in [0.05, 0.1) is 30.8 Å². The minimum Gasteiger partial charge on any atom is -0.378 e. The predicted octanol–water partition coefficient (Wildman–Crippen LogP) is 1.44. The summed E-state index contributed by atoms with van der Waals surface area (Å²) in [4.78, 5) is 28.1. The summed E-state index contributed by atoms with van der Waals surface area (Å²) in [5.41, 5.74) is 1.82. The number of amides is 1. The minimum absolute atomic E-state index is 0.0708. The number of ether oxygens (including phenoxy) is 1. The van der Waals surface area contributed by atoms with Gasteiger partial charge in [0.2, 0.25) is 5.43 Å². The van der Waals surface area contributed by atoms with E-state index < -0.39 is 0 Å². The van der Waals surface area contributed by atoms with Gasteiger partial charge in [-0.1, -0.05) is 11.6 Å². The van der Waals surface area contributed by atoms with E-state index in [1.54, 1.807) is 6.20 Å². The topological polar surface area (TPSA) is 63.6 Å². The molecule has 0 radical (unpaired) electrons. The summed E-state index contributed by atoms with van der Waals surface area (Å²) in [6, 6.07) is 5.87. The number of fused-ring (bicyclic) bond motifs is 1. The highest BCUT2D eigenvalue weighted by atomic mass is 16.5. The van der Waals surface area contributed by atoms with Crippen LogP contribution >= 0.6 is 0 Å². The van der Waals surface area contributed by atoms with Crippen LogP contribution in [0.5, 0.6) is 0 Å². The summed E-state index contributed by atoms with van der Waals surface area (Å²) >= 11 is 0. The van der Waals surface area contributed by atoms with Crippen molar-refractivity contribution in [3.63, 3.8) is 0 Å². The molecule has 6 heteroatoms. The molecule has 2 saturated heterocycles. The molecule has 1 N–H and O–H groups in total. The van der Waals surface area contributed by atoms with Crippen LogP contribution in [0.1, 0.15) is 28.8 Å². The summed E-state index contributed by atoms with van der Waals surface area (Å²) in [7, 11) is 1.86. The maximum atomic E-state index is 12.9. The Bertz CT molecular complexity index is 899. The van der Waals surface area contributed by atoms with E-state index in [4.69, 9.17) is 4.74 Å². The fraction of sp³-hybridized carbons (Fsp3) is 0.500. The fourth-order valence-corrected chi connectivity index (χ4v) is 4.13. The lowest BCUT2D eigenvalue weighted by atomic mass is 10.1. The summed E-state index contributed by atoms with van der Waals surface area (Å²) in [5, 5.41) is 3.63. The second-order valence-corrected chi connectivity index (χ2v) is 7.43. The first kappa shape index (κ1) is 17.2. The number of likely N-dealkylation sites (tertiary alicyclic amines) is 1. The van der Waals surface area contributed by atoms with E-state index in [-0.39, 0.29) is 29.0 Å². The average Bonchev–Trinajstić information content (AvgIpc) is 3.29. The Morgan fingerprint density at radius 3 is 2.77 bits per heavy atom. The maximum Gasteiger partial charge on any atom is 0.257 e. The lowest BCUT2D eigenvalue weighted by Crippen LogP contribution is -2.50. The lowest BCUT2D eigenvalue weighted by Gasteiger charge is -2.27. The predicted molar refractivity (Wildman–Crippen MR) is 101 cm³/mol. The van der Waals surface area contributed by atoms with Gasteiger partial charge in [-0.05, 0) is 45.0 Å². The van der Waals surface area contributed by atoms with Gasteiger partial charge < -0.3 is 14.6 Å². The van der Waals surface area contributed by atoms with Gasteiger partial charge >= 0.3 is 0 Å². The summed E-state index contributed by atoms with van der Waals surface area (Å²) in [5.74, 6) is -0.311. The normalized spacial score (nSPS) is 23.6. The molecule has 0 bridgehead atoms. The number of hydrogen-bond donors (Lipinski definition) is 1. The highest BCUT2D eigenvalue weighted by molar-refractivity contribution is 5.97. The van der Waals surface area contributed by atoms with E-state index >= 15 is 0 Å². The zero-order chi connectivity index (χ0) is 18.3. The number of nitrogens with one attached hydrogen (secondary N) is 1. The molecule has 2 aromatic rings. The van der Waals surface area contributed by atoms with E-state index in [0.717, 1.165) is 24.2 Å². The van der Waals surface area contributed by atoms with Gasteiger partial charge in [0.1, 0.15) is 5.56 Å². The quantitative estimate of drug-likeness (QED) is 0.905. The highest BCUT2D eigenvalue weighted by Gasteiger charge is 2.35. The van der Waals surface area contributed by atoms with E-state index in [1.807, 2.05) is 36.7 Å². The van der Waals surface area contributed by atoms with Crippen LogP contribution in [0.3, 0.4) is 0 Å². The molecule has 0 spiro atoms. The van der Waals surface area contributed by atoms with Crippen LogP contribution in [0.4, 0.5) is 0 Å². The molecule has 2 aliphatic rings. The van der Waals surface area contributed by atoms with E-state index in [2.05, 4.69) is 10.2 Å². The third-order valence-electron chi connectivity index (χ3n) is 5.57. The third kappa shape index (κ3) is 3.04. The van der Waals surface area contributed by atoms with Gasteiger partial charge in [-0.25, -0.2) is 0 Å². The van der Waals surface area contributed by atoms with Crippen LogP contribution < -0.4 is 10.7 Å². The molecule has 6 nitrogen and oxygen atoms in total. The van der Waals surface area contributed by atoms with E-state index in [0.29, 0.717) is 18.6 Å². The maximum absolute atomic E-state index is 12.9. The Morgan fingerprint density at radius 1 is 1.23 bits per heavy atom. The van der Waals surface area contributed by atoms with Crippen molar-refractivity contribution in [3.8, 4) is 0 Å². The van der Waals surface area contributed by atoms with Gasteiger partial charge in [0.15, 0.2) is 0 Å². The molecule has 0 saturated carbocycles. The summed E-state index contributed by atoms with van der Waals surface area (Å²) in [6.45, 7) is 5.19. The first-order chi connectivity index (χ1) is 12.5. The third-order valence-corrected chi connectivity index (χ3v) is 5.57. The molecular weight excluding hydrogens is 330 g/mol. The molecule has 1 amide bonds. The van der Waals surface area contributed by atoms with Crippen molar-refractivity contribution in [2.75, 3.05) is 26.3 Å². The second kappa shape index (κ2) is 6.85. The van der Waals surface area contributed by atoms with E-state index in [9.17, 15) is 9.59 Å². The van der Waals surface area contributed by atoms with Crippen LogP contribution in [0.25, 0.3) is 10.9 Å². The second-order valence-electron chi connectivity index (χ2n) is 7.43. The van der Waals surface area contributed by atoms with Crippen LogP contribution in [0.15, 0.2) is 29.2 Å². The monoisotopic (exact) mass is 355 g/mol. The molecule has 138 valence electrons. The number of aromatic nitrogens is 1. The van der Waals surface area contributed by atoms with Gasteiger partial charge in [-0.15, -0.1) is 0 Å². The Kier molecular flexibility index (Phi) is 4.54. The van der Waals surface area contributed by atoms with Crippen molar-refractivity contribution in [3.05, 3.63) is 45.7 Å². The zero-order valence-electron chi connectivity index (χ0n) is 15.3. The molecule has 0 unspecified atom stereocenters. The molecule has 2 fully saturated rings. The average molecular weight is 355 g/mol. The fourth-order valence-electron chi connectivity index (χ4n) is 4.13. The van der Waals surface area contributed by atoms with Crippen molar-refractivity contribution in [2.45, 2.75) is 31.8 Å². The van der Waals surface area contributed by atoms with Crippen LogP contribution in [-0.4, -0.2) is 53.8 Å². The number of hydrogen-bond acceptors (Lipinski definition) is 4. The number of rotatable bonds is 3. The molecule has 26 heavy (non-hydrogen) atoms. The van der Waals surface area contributed by atoms with Crippen molar-refractivity contribution in [1.82, 2.24) is 14.8 Å². The molecule has 2 atom stereocenters. The van der Waals surface area contributed by atoms with Crippen LogP contribution in [0.2, 0.25) is 0 Å². The molecular formula is C20H25N3O3. The number of carbonyl (C=O) groups is 1. The highest BCUT2D eigenvalue weighted by Crippen LogP contribution is 2.19. The smallest absolute Gasteiger partial charge is 0.257 e. The van der Waals surface area contributed by atoms with E-state index in [1.165, 1.54) is 12.8 Å². The van der Waals surface area contributed by atoms with Crippen LogP contribution in [-0.2, 0) is 11.8 Å². The van der Waals surface area contributed by atoms with Gasteiger partial charge in [0, 0.05) is 18.6 Å². The molecule has 1 aromatic heterocycles. The number of pyridine rings is 1. The SMILES string of the molecule is Cc1ccc2c(c1)c(=O)c(C(=O)N[C@@H]1COC[C@H]1N1CCCC1)cn2C. The Morgan fingerprint density at radius 2 is 2.00 bits per heavy atom. The molecule has 1 aromatic carbocycles. The minimum atomic E-state index is -0.311. The first-order valence-corrected chi connectivity index (χ1v) is 9.27. The summed E-state index contributed by atoms with van der Waals surface area (Å²) in [6.07, 6.45) is 4.03. The Balaban J connectivity index is 1.62. The lowest BCUT2D eigenvalue weighted by molar-refractivity contribution is 0.0915. The standard InChI is InChI=1S/C20H25N3O3/c1-13-5-6-17-14(9-13)19(24)15(10-22(17)2)20(25)21-16-11-26-12-18(16)23-7-3-4-8-23/h5-6,9-10,16,18H,3-4,7-8,11-12H2,1-2H3,(H,21,25)/t16-,18-/m1/s1. The Hall–Kier alpha value is -2.18. The molecule has 2 aliphatic heterocycles. The van der Waals surface area contributed by atoms with Gasteiger partial charge in [0.25, 0.3) is 5.91 Å². The van der Waals surface area contributed by atoms with Crippen molar-refractivity contribution in [2.24, 2.45) is 7.05 Å². The molecule has 3 heterocycles. The zero-order valence-corrected chi connectivity index (χ0v) is 15.3. The number of nitrogens with zero attached hydrogens (tertiary/aromatic N) is 2. The van der Waals surface area contributed by atoms with Gasteiger partial charge in [-0.2, -0.15) is 0 Å². The van der Waals surface area contributed by atoms with Crippen molar-refractivity contribution < 1.29 is 9.53 Å². The van der Waals surface area contributed by atoms with Crippen LogP contribution in [0, 0.1) is 6.92 Å². The Labute approximate surface area is 152 Å².